The van der Waals surface area contributed by atoms with Crippen LogP contribution in [0.15, 0.2) is 61.2 Å². The molecule has 0 aromatic heterocycles. The molecule has 2 aromatic carbocycles. The van der Waals surface area contributed by atoms with E-state index in [0.717, 1.165) is 44.0 Å². The number of ether oxygens (including phenoxy) is 1. The minimum atomic E-state index is 0.102. The molecule has 2 aliphatic rings. The van der Waals surface area contributed by atoms with E-state index in [9.17, 15) is 4.79 Å². The number of likely N-dealkylation sites (tertiary alicyclic amines) is 1. The minimum absolute atomic E-state index is 0.102. The third-order valence-corrected chi connectivity index (χ3v) is 7.26. The monoisotopic (exact) mass is 447 g/mol. The Balaban J connectivity index is 1.67. The lowest BCUT2D eigenvalue weighted by Crippen LogP contribution is -2.54. The lowest BCUT2D eigenvalue weighted by molar-refractivity contribution is 0.0500. The summed E-state index contributed by atoms with van der Waals surface area (Å²) in [6.07, 6.45) is 4.47. The molecular formula is C28H37N3O2. The van der Waals surface area contributed by atoms with Crippen LogP contribution in [-0.4, -0.2) is 72.5 Å². The number of rotatable bonds is 9. The molecule has 2 aromatic rings. The summed E-state index contributed by atoms with van der Waals surface area (Å²) in [5.74, 6) is 0.974. The van der Waals surface area contributed by atoms with Crippen LogP contribution in [0.3, 0.4) is 0 Å². The highest BCUT2D eigenvalue weighted by Gasteiger charge is 2.43. The molecule has 2 saturated heterocycles. The van der Waals surface area contributed by atoms with Crippen LogP contribution in [0.25, 0.3) is 0 Å². The fourth-order valence-corrected chi connectivity index (χ4v) is 5.60. The second kappa shape index (κ2) is 10.5. The maximum absolute atomic E-state index is 12.8. The topological polar surface area (TPSA) is 36.0 Å². The molecule has 5 nitrogen and oxygen atoms in total. The van der Waals surface area contributed by atoms with Crippen molar-refractivity contribution in [2.45, 2.75) is 44.8 Å². The van der Waals surface area contributed by atoms with Crippen molar-refractivity contribution in [3.63, 3.8) is 0 Å². The Morgan fingerprint density at radius 2 is 1.58 bits per heavy atom. The first-order valence-electron chi connectivity index (χ1n) is 12.2. The van der Waals surface area contributed by atoms with Gasteiger partial charge in [0.25, 0.3) is 5.91 Å². The summed E-state index contributed by atoms with van der Waals surface area (Å²) in [5, 5.41) is 0. The lowest BCUT2D eigenvalue weighted by atomic mass is 9.93. The second-order valence-electron chi connectivity index (χ2n) is 9.11. The van der Waals surface area contributed by atoms with Gasteiger partial charge < -0.3 is 9.64 Å². The van der Waals surface area contributed by atoms with E-state index in [1.807, 2.05) is 37.0 Å². The molecule has 33 heavy (non-hydrogen) atoms. The van der Waals surface area contributed by atoms with Crippen LogP contribution >= 0.6 is 0 Å². The van der Waals surface area contributed by atoms with E-state index >= 15 is 0 Å². The Morgan fingerprint density at radius 1 is 1.03 bits per heavy atom. The number of nitrogens with zero attached hydrogens (tertiary/aromatic N) is 3. The third-order valence-electron chi connectivity index (χ3n) is 7.26. The Hall–Kier alpha value is -2.63. The number of hydrogen-bond acceptors (Lipinski definition) is 4. The summed E-state index contributed by atoms with van der Waals surface area (Å²) >= 11 is 0. The molecule has 2 bridgehead atoms. The van der Waals surface area contributed by atoms with E-state index in [4.69, 9.17) is 4.74 Å². The van der Waals surface area contributed by atoms with Gasteiger partial charge in [0.15, 0.2) is 0 Å². The van der Waals surface area contributed by atoms with Crippen molar-refractivity contribution in [2.24, 2.45) is 0 Å². The molecule has 176 valence electrons. The fraction of sp³-hybridized carbons (Fsp3) is 0.464. The van der Waals surface area contributed by atoms with E-state index < -0.39 is 0 Å². The van der Waals surface area contributed by atoms with Crippen LogP contribution in [0, 0.1) is 0 Å². The summed E-state index contributed by atoms with van der Waals surface area (Å²) in [5.41, 5.74) is 3.27. The van der Waals surface area contributed by atoms with Crippen molar-refractivity contribution < 1.29 is 9.53 Å². The van der Waals surface area contributed by atoms with Gasteiger partial charge in [0.05, 0.1) is 13.2 Å². The molecular weight excluding hydrogens is 410 g/mol. The number of piperazine rings is 1. The first-order chi connectivity index (χ1) is 16.1. The summed E-state index contributed by atoms with van der Waals surface area (Å²) in [6, 6.07) is 18.0. The minimum Gasteiger partial charge on any atom is -0.497 e. The number of amides is 1. The van der Waals surface area contributed by atoms with E-state index in [-0.39, 0.29) is 11.9 Å². The number of benzene rings is 2. The molecule has 2 fully saturated rings. The normalized spacial score (nSPS) is 21.5. The lowest BCUT2D eigenvalue weighted by Gasteiger charge is -2.45. The smallest absolute Gasteiger partial charge is 0.253 e. The van der Waals surface area contributed by atoms with Crippen LogP contribution in [0.2, 0.25) is 0 Å². The predicted molar refractivity (Wildman–Crippen MR) is 134 cm³/mol. The Kier molecular flexibility index (Phi) is 7.51. The summed E-state index contributed by atoms with van der Waals surface area (Å²) < 4.78 is 5.41. The summed E-state index contributed by atoms with van der Waals surface area (Å²) in [7, 11) is 1.71. The summed E-state index contributed by atoms with van der Waals surface area (Å²) in [4.78, 5) is 20.0. The molecule has 0 spiro atoms. The predicted octanol–water partition coefficient (Wildman–Crippen LogP) is 4.60. The van der Waals surface area contributed by atoms with E-state index in [1.54, 1.807) is 7.11 Å². The SMILES string of the molecule is C=CCN1CC2CCC(C1)N2C(c1ccc(OC)cc1)c1ccc(C(=O)N(CC)CC)cc1. The van der Waals surface area contributed by atoms with Crippen LogP contribution in [0.1, 0.15) is 54.2 Å². The van der Waals surface area contributed by atoms with Gasteiger partial charge in [-0.15, -0.1) is 6.58 Å². The third kappa shape index (κ3) is 4.85. The highest BCUT2D eigenvalue weighted by atomic mass is 16.5. The Morgan fingerprint density at radius 3 is 2.06 bits per heavy atom. The number of methoxy groups -OCH3 is 1. The van der Waals surface area contributed by atoms with Crippen molar-refractivity contribution in [1.29, 1.82) is 0 Å². The molecule has 0 radical (unpaired) electrons. The fourth-order valence-electron chi connectivity index (χ4n) is 5.60. The number of carbonyl (C=O) groups is 1. The van der Waals surface area contributed by atoms with Crippen molar-refractivity contribution in [3.05, 3.63) is 77.9 Å². The first-order valence-corrected chi connectivity index (χ1v) is 12.2. The van der Waals surface area contributed by atoms with Crippen LogP contribution in [-0.2, 0) is 0 Å². The largest absolute Gasteiger partial charge is 0.497 e. The second-order valence-corrected chi connectivity index (χ2v) is 9.11. The van der Waals surface area contributed by atoms with Gasteiger partial charge in [0, 0.05) is 50.4 Å². The van der Waals surface area contributed by atoms with E-state index in [1.165, 1.54) is 24.0 Å². The zero-order chi connectivity index (χ0) is 23.4. The van der Waals surface area contributed by atoms with Gasteiger partial charge in [-0.25, -0.2) is 0 Å². The standard InChI is InChI=1S/C28H37N3O2/c1-5-18-29-19-24-14-15-25(20-29)31(24)27(22-12-16-26(33-4)17-13-22)21-8-10-23(11-9-21)28(32)30(6-2)7-3/h5,8-13,16-17,24-25,27H,1,6-7,14-15,18-20H2,2-4H3. The molecule has 2 aliphatic heterocycles. The highest BCUT2D eigenvalue weighted by molar-refractivity contribution is 5.94. The van der Waals surface area contributed by atoms with Crippen LogP contribution < -0.4 is 4.74 Å². The zero-order valence-corrected chi connectivity index (χ0v) is 20.2. The van der Waals surface area contributed by atoms with Crippen molar-refractivity contribution in [1.82, 2.24) is 14.7 Å². The van der Waals surface area contributed by atoms with Crippen molar-refractivity contribution in [3.8, 4) is 5.75 Å². The average molecular weight is 448 g/mol. The summed E-state index contributed by atoms with van der Waals surface area (Å²) in [6.45, 7) is 12.6. The number of hydrogen-bond donors (Lipinski definition) is 0. The van der Waals surface area contributed by atoms with E-state index in [0.29, 0.717) is 12.1 Å². The molecule has 3 unspecified atom stereocenters. The first kappa shape index (κ1) is 23.5. The van der Waals surface area contributed by atoms with Gasteiger partial charge in [-0.3, -0.25) is 14.6 Å². The van der Waals surface area contributed by atoms with Gasteiger partial charge in [-0.2, -0.15) is 0 Å². The van der Waals surface area contributed by atoms with Gasteiger partial charge in [0.1, 0.15) is 5.75 Å². The van der Waals surface area contributed by atoms with Gasteiger partial charge in [-0.05, 0) is 62.1 Å². The van der Waals surface area contributed by atoms with Gasteiger partial charge >= 0.3 is 0 Å². The molecule has 0 N–H and O–H groups in total. The van der Waals surface area contributed by atoms with Crippen molar-refractivity contribution >= 4 is 5.91 Å². The molecule has 1 amide bonds. The molecule has 5 heteroatoms. The number of fused-ring (bicyclic) bond motifs is 2. The van der Waals surface area contributed by atoms with Crippen LogP contribution in [0.4, 0.5) is 0 Å². The Bertz CT molecular complexity index is 923. The Labute approximate surface area is 198 Å². The average Bonchev–Trinajstić information content (AvgIpc) is 3.09. The number of carbonyl (C=O) groups excluding carboxylic acids is 1. The molecule has 0 saturated carbocycles. The maximum Gasteiger partial charge on any atom is 0.253 e. The molecule has 3 atom stereocenters. The zero-order valence-electron chi connectivity index (χ0n) is 20.2. The van der Waals surface area contributed by atoms with Gasteiger partial charge in [0.2, 0.25) is 0 Å². The molecule has 2 heterocycles. The maximum atomic E-state index is 12.8. The van der Waals surface area contributed by atoms with Gasteiger partial charge in [-0.1, -0.05) is 30.3 Å². The highest BCUT2D eigenvalue weighted by Crippen LogP contribution is 2.41. The van der Waals surface area contributed by atoms with E-state index in [2.05, 4.69) is 52.8 Å². The quantitative estimate of drug-likeness (QED) is 0.527. The van der Waals surface area contributed by atoms with Crippen LogP contribution in [0.5, 0.6) is 5.75 Å². The van der Waals surface area contributed by atoms with Crippen molar-refractivity contribution in [2.75, 3.05) is 39.8 Å². The molecule has 4 rings (SSSR count). The molecule has 0 aliphatic carbocycles.